The van der Waals surface area contributed by atoms with Crippen molar-refractivity contribution in [1.29, 1.82) is 0 Å². The standard InChI is InChI=1S/C19H17F2N5O3S2/c1-11-16(12-3-7-14(8-4-12)25-31(2,27)28)24-26-17(22-23-19(26)30-11)13-5-9-15(10-6-13)29-18(20)21/h3-11,18,25H,1-2H3. The molecule has 1 unspecified atom stereocenters. The summed E-state index contributed by atoms with van der Waals surface area (Å²) in [6.45, 7) is -0.906. The van der Waals surface area contributed by atoms with Gasteiger partial charge in [0.25, 0.3) is 0 Å². The Morgan fingerprint density at radius 2 is 1.71 bits per heavy atom. The van der Waals surface area contributed by atoms with Crippen LogP contribution >= 0.6 is 11.8 Å². The predicted octanol–water partition coefficient (Wildman–Crippen LogP) is 3.66. The van der Waals surface area contributed by atoms with Crippen LogP contribution in [-0.2, 0) is 10.0 Å². The summed E-state index contributed by atoms with van der Waals surface area (Å²) in [7, 11) is -3.36. The van der Waals surface area contributed by atoms with Gasteiger partial charge in [-0.15, -0.1) is 10.2 Å². The monoisotopic (exact) mass is 465 g/mol. The number of fused-ring (bicyclic) bond motifs is 1. The number of hydrogen-bond donors (Lipinski definition) is 1. The summed E-state index contributed by atoms with van der Waals surface area (Å²) in [5.41, 5.74) is 2.69. The Hall–Kier alpha value is -2.99. The maximum atomic E-state index is 12.4. The van der Waals surface area contributed by atoms with E-state index in [4.69, 9.17) is 5.10 Å². The number of halogens is 2. The topological polar surface area (TPSA) is 98.5 Å². The minimum absolute atomic E-state index is 0.0138. The van der Waals surface area contributed by atoms with E-state index in [1.165, 1.54) is 23.9 Å². The molecule has 3 aromatic rings. The molecule has 2 aromatic carbocycles. The quantitative estimate of drug-likeness (QED) is 0.597. The number of nitrogens with zero attached hydrogens (tertiary/aromatic N) is 4. The van der Waals surface area contributed by atoms with Crippen LogP contribution in [0.25, 0.3) is 11.4 Å². The fourth-order valence-corrected chi connectivity index (χ4v) is 4.50. The van der Waals surface area contributed by atoms with Gasteiger partial charge < -0.3 is 4.74 Å². The Morgan fingerprint density at radius 1 is 1.06 bits per heavy atom. The summed E-state index contributed by atoms with van der Waals surface area (Å²) >= 11 is 1.48. The van der Waals surface area contributed by atoms with Crippen molar-refractivity contribution in [3.63, 3.8) is 0 Å². The van der Waals surface area contributed by atoms with Gasteiger partial charge in [-0.3, -0.25) is 4.72 Å². The second-order valence-electron chi connectivity index (χ2n) is 6.72. The van der Waals surface area contributed by atoms with Crippen molar-refractivity contribution in [2.45, 2.75) is 23.9 Å². The molecular formula is C19H17F2N5O3S2. The maximum absolute atomic E-state index is 12.4. The lowest BCUT2D eigenvalue weighted by atomic mass is 10.1. The maximum Gasteiger partial charge on any atom is 0.387 e. The van der Waals surface area contributed by atoms with E-state index in [9.17, 15) is 17.2 Å². The molecule has 31 heavy (non-hydrogen) atoms. The fourth-order valence-electron chi connectivity index (χ4n) is 3.01. The molecule has 0 bridgehead atoms. The number of rotatable bonds is 6. The van der Waals surface area contributed by atoms with E-state index in [1.54, 1.807) is 41.1 Å². The molecule has 4 rings (SSSR count). The van der Waals surface area contributed by atoms with Crippen LogP contribution in [0.3, 0.4) is 0 Å². The molecule has 1 aliphatic rings. The first kappa shape index (κ1) is 21.2. The van der Waals surface area contributed by atoms with E-state index in [0.717, 1.165) is 17.5 Å². The minimum atomic E-state index is -3.36. The molecule has 1 aromatic heterocycles. The molecule has 0 saturated heterocycles. The SMILES string of the molecule is CC1Sc2nnc(-c3ccc(OC(F)F)cc3)n2N=C1c1ccc(NS(C)(=O)=O)cc1. The molecule has 0 radical (unpaired) electrons. The summed E-state index contributed by atoms with van der Waals surface area (Å²) in [6, 6.07) is 13.0. The van der Waals surface area contributed by atoms with Crippen LogP contribution in [0.15, 0.2) is 58.8 Å². The Morgan fingerprint density at radius 3 is 2.32 bits per heavy atom. The minimum Gasteiger partial charge on any atom is -0.435 e. The van der Waals surface area contributed by atoms with E-state index in [2.05, 4.69) is 19.7 Å². The third-order valence-electron chi connectivity index (χ3n) is 4.31. The van der Waals surface area contributed by atoms with Gasteiger partial charge in [-0.1, -0.05) is 23.9 Å². The Labute approximate surface area is 181 Å². The summed E-state index contributed by atoms with van der Waals surface area (Å²) in [5, 5.41) is 13.7. The van der Waals surface area contributed by atoms with E-state index < -0.39 is 16.6 Å². The second-order valence-corrected chi connectivity index (χ2v) is 9.77. The molecule has 2 heterocycles. The van der Waals surface area contributed by atoms with Gasteiger partial charge in [0.05, 0.1) is 17.2 Å². The van der Waals surface area contributed by atoms with Crippen LogP contribution < -0.4 is 9.46 Å². The Kier molecular flexibility index (Phi) is 5.67. The number of aromatic nitrogens is 3. The highest BCUT2D eigenvalue weighted by atomic mass is 32.2. The van der Waals surface area contributed by atoms with E-state index in [-0.39, 0.29) is 11.0 Å². The number of anilines is 1. The molecule has 162 valence electrons. The van der Waals surface area contributed by atoms with Crippen molar-refractivity contribution in [3.8, 4) is 17.1 Å². The zero-order chi connectivity index (χ0) is 22.2. The average molecular weight is 466 g/mol. The van der Waals surface area contributed by atoms with Gasteiger partial charge in [0.1, 0.15) is 5.75 Å². The van der Waals surface area contributed by atoms with E-state index in [0.29, 0.717) is 22.2 Å². The number of alkyl halides is 2. The molecule has 12 heteroatoms. The largest absolute Gasteiger partial charge is 0.435 e. The van der Waals surface area contributed by atoms with Crippen LogP contribution in [0, 0.1) is 0 Å². The first-order chi connectivity index (χ1) is 14.7. The average Bonchev–Trinajstić information content (AvgIpc) is 3.09. The van der Waals surface area contributed by atoms with Crippen LogP contribution in [0.1, 0.15) is 12.5 Å². The number of nitrogens with one attached hydrogen (secondary N) is 1. The van der Waals surface area contributed by atoms with Gasteiger partial charge in [0.15, 0.2) is 5.82 Å². The van der Waals surface area contributed by atoms with Gasteiger partial charge >= 0.3 is 6.61 Å². The van der Waals surface area contributed by atoms with E-state index in [1.807, 2.05) is 6.92 Å². The first-order valence-corrected chi connectivity index (χ1v) is 11.8. The zero-order valence-corrected chi connectivity index (χ0v) is 18.0. The van der Waals surface area contributed by atoms with Gasteiger partial charge in [-0.2, -0.15) is 18.6 Å². The van der Waals surface area contributed by atoms with Crippen molar-refractivity contribution >= 4 is 33.2 Å². The van der Waals surface area contributed by atoms with Crippen LogP contribution in [0.2, 0.25) is 0 Å². The summed E-state index contributed by atoms with van der Waals surface area (Å²) in [4.78, 5) is 0. The van der Waals surface area contributed by atoms with Crippen LogP contribution in [0.4, 0.5) is 14.5 Å². The molecule has 1 N–H and O–H groups in total. The zero-order valence-electron chi connectivity index (χ0n) is 16.4. The molecule has 1 atom stereocenters. The Balaban J connectivity index is 1.65. The van der Waals surface area contributed by atoms with Gasteiger partial charge in [0, 0.05) is 11.3 Å². The number of sulfonamides is 1. The molecule has 1 aliphatic heterocycles. The first-order valence-electron chi connectivity index (χ1n) is 9.04. The van der Waals surface area contributed by atoms with Gasteiger partial charge in [-0.25, -0.2) is 8.42 Å². The third kappa shape index (κ3) is 4.85. The molecule has 8 nitrogen and oxygen atoms in total. The highest BCUT2D eigenvalue weighted by Crippen LogP contribution is 2.33. The lowest BCUT2D eigenvalue weighted by Gasteiger charge is -2.20. The number of benzene rings is 2. The lowest BCUT2D eigenvalue weighted by Crippen LogP contribution is -2.21. The summed E-state index contributed by atoms with van der Waals surface area (Å²) in [6.07, 6.45) is 1.09. The molecule has 0 saturated carbocycles. The molecule has 0 spiro atoms. The molecular weight excluding hydrogens is 448 g/mol. The number of ether oxygens (including phenoxy) is 1. The van der Waals surface area contributed by atoms with Gasteiger partial charge in [0.2, 0.25) is 15.2 Å². The van der Waals surface area contributed by atoms with Crippen LogP contribution in [0.5, 0.6) is 5.75 Å². The highest BCUT2D eigenvalue weighted by Gasteiger charge is 2.26. The summed E-state index contributed by atoms with van der Waals surface area (Å²) < 4.78 is 55.9. The normalized spacial score (nSPS) is 16.0. The van der Waals surface area contributed by atoms with Crippen molar-refractivity contribution in [2.24, 2.45) is 5.10 Å². The van der Waals surface area contributed by atoms with Crippen molar-refractivity contribution < 1.29 is 21.9 Å². The predicted molar refractivity (Wildman–Crippen MR) is 114 cm³/mol. The molecule has 0 fully saturated rings. The molecule has 0 aliphatic carbocycles. The van der Waals surface area contributed by atoms with Crippen molar-refractivity contribution in [1.82, 2.24) is 14.9 Å². The second kappa shape index (κ2) is 8.27. The Bertz CT molecular complexity index is 1230. The fraction of sp³-hybridized carbons (Fsp3) is 0.211. The summed E-state index contributed by atoms with van der Waals surface area (Å²) in [5.74, 6) is 0.512. The van der Waals surface area contributed by atoms with Crippen molar-refractivity contribution in [2.75, 3.05) is 11.0 Å². The number of thioether (sulfide) groups is 1. The number of hydrogen-bond acceptors (Lipinski definition) is 7. The van der Waals surface area contributed by atoms with E-state index >= 15 is 0 Å². The van der Waals surface area contributed by atoms with Crippen molar-refractivity contribution in [3.05, 3.63) is 54.1 Å². The van der Waals surface area contributed by atoms with Crippen LogP contribution in [-0.4, -0.2) is 47.1 Å². The highest BCUT2D eigenvalue weighted by molar-refractivity contribution is 8.00. The smallest absolute Gasteiger partial charge is 0.387 e. The molecule has 0 amide bonds. The van der Waals surface area contributed by atoms with Gasteiger partial charge in [-0.05, 0) is 48.9 Å². The third-order valence-corrected chi connectivity index (χ3v) is 5.96. The lowest BCUT2D eigenvalue weighted by molar-refractivity contribution is -0.0498.